The number of ketones is 1. The molecule has 0 N–H and O–H groups in total. The molecule has 0 amide bonds. The highest BCUT2D eigenvalue weighted by Gasteiger charge is 2.49. The first-order valence-corrected chi connectivity index (χ1v) is 6.74. The summed E-state index contributed by atoms with van der Waals surface area (Å²) in [5.74, 6) is 1.27. The van der Waals surface area contributed by atoms with Crippen LogP contribution in [0.5, 0.6) is 0 Å². The van der Waals surface area contributed by atoms with Gasteiger partial charge in [-0.1, -0.05) is 56.3 Å². The lowest BCUT2D eigenvalue weighted by molar-refractivity contribution is -0.135. The van der Waals surface area contributed by atoms with Gasteiger partial charge in [0.2, 0.25) is 0 Å². The Morgan fingerprint density at radius 1 is 1.33 bits per heavy atom. The maximum atomic E-state index is 11.5. The van der Waals surface area contributed by atoms with Gasteiger partial charge in [0.05, 0.1) is 0 Å². The summed E-state index contributed by atoms with van der Waals surface area (Å²) in [5.41, 5.74) is 1.42. The molecule has 0 spiro atoms. The third-order valence-corrected chi connectivity index (χ3v) is 4.49. The summed E-state index contributed by atoms with van der Waals surface area (Å²) in [5, 5.41) is 0. The van der Waals surface area contributed by atoms with E-state index < -0.39 is 0 Å². The fourth-order valence-electron chi connectivity index (χ4n) is 3.04. The Hall–Kier alpha value is -1.37. The zero-order chi connectivity index (χ0) is 13.2. The van der Waals surface area contributed by atoms with Crippen molar-refractivity contribution >= 4 is 11.9 Å². The minimum absolute atomic E-state index is 0.173. The SMILES string of the molecule is CC(=O)[C@@H]1C[C@H](C/C=C\c2ccccc2)C1(C)C. The summed E-state index contributed by atoms with van der Waals surface area (Å²) in [4.78, 5) is 11.5. The molecule has 2 atom stereocenters. The summed E-state index contributed by atoms with van der Waals surface area (Å²) in [6.45, 7) is 6.18. The van der Waals surface area contributed by atoms with Crippen molar-refractivity contribution in [2.24, 2.45) is 17.3 Å². The van der Waals surface area contributed by atoms with E-state index in [1.54, 1.807) is 6.92 Å². The molecule has 1 fully saturated rings. The van der Waals surface area contributed by atoms with Crippen LogP contribution in [0.4, 0.5) is 0 Å². The standard InChI is InChI=1S/C17H22O/c1-13(18)16-12-15(17(16,2)3)11-7-10-14-8-5-4-6-9-14/h4-10,15-16H,11-12H2,1-3H3/b10-7-/t15-,16-/m0/s1. The average molecular weight is 242 g/mol. The summed E-state index contributed by atoms with van der Waals surface area (Å²) in [6.07, 6.45) is 6.56. The van der Waals surface area contributed by atoms with Gasteiger partial charge >= 0.3 is 0 Å². The molecule has 1 aromatic rings. The van der Waals surface area contributed by atoms with Crippen molar-refractivity contribution in [3.63, 3.8) is 0 Å². The second-order valence-corrected chi connectivity index (χ2v) is 5.97. The van der Waals surface area contributed by atoms with Crippen molar-refractivity contribution in [2.45, 2.75) is 33.6 Å². The Kier molecular flexibility index (Phi) is 3.70. The zero-order valence-corrected chi connectivity index (χ0v) is 11.5. The van der Waals surface area contributed by atoms with Gasteiger partial charge in [0.15, 0.2) is 0 Å². The lowest BCUT2D eigenvalue weighted by Crippen LogP contribution is -2.47. The molecule has 1 aliphatic carbocycles. The normalized spacial score (nSPS) is 25.9. The highest BCUT2D eigenvalue weighted by Crippen LogP contribution is 2.53. The molecule has 1 aliphatic rings. The van der Waals surface area contributed by atoms with E-state index in [0.29, 0.717) is 11.7 Å². The molecule has 0 saturated heterocycles. The largest absolute Gasteiger partial charge is 0.300 e. The van der Waals surface area contributed by atoms with Gasteiger partial charge in [0, 0.05) is 5.92 Å². The molecule has 0 heterocycles. The van der Waals surface area contributed by atoms with Gasteiger partial charge in [-0.15, -0.1) is 0 Å². The molecule has 1 saturated carbocycles. The number of allylic oxidation sites excluding steroid dienone is 1. The third-order valence-electron chi connectivity index (χ3n) is 4.49. The molecule has 18 heavy (non-hydrogen) atoms. The second kappa shape index (κ2) is 5.09. The summed E-state index contributed by atoms with van der Waals surface area (Å²) in [6, 6.07) is 10.4. The first kappa shape index (κ1) is 13.1. The molecule has 0 aromatic heterocycles. The number of Topliss-reactive ketones (excluding diaryl/α,β-unsaturated/α-hetero) is 1. The molecule has 2 rings (SSSR count). The van der Waals surface area contributed by atoms with Crippen LogP contribution in [0.15, 0.2) is 36.4 Å². The zero-order valence-electron chi connectivity index (χ0n) is 11.5. The average Bonchev–Trinajstić information content (AvgIpc) is 2.33. The van der Waals surface area contributed by atoms with Gasteiger partial charge < -0.3 is 0 Å². The fourth-order valence-corrected chi connectivity index (χ4v) is 3.04. The van der Waals surface area contributed by atoms with E-state index in [1.807, 2.05) is 6.07 Å². The predicted molar refractivity (Wildman–Crippen MR) is 76.2 cm³/mol. The quantitative estimate of drug-likeness (QED) is 0.767. The number of carbonyl (C=O) groups is 1. The van der Waals surface area contributed by atoms with Crippen LogP contribution in [-0.2, 0) is 4.79 Å². The topological polar surface area (TPSA) is 17.1 Å². The van der Waals surface area contributed by atoms with E-state index in [9.17, 15) is 4.79 Å². The Balaban J connectivity index is 1.90. The Bertz CT molecular complexity index is 442. The maximum Gasteiger partial charge on any atom is 0.133 e. The number of rotatable bonds is 4. The van der Waals surface area contributed by atoms with Gasteiger partial charge in [0.1, 0.15) is 5.78 Å². The molecular formula is C17H22O. The van der Waals surface area contributed by atoms with E-state index in [2.05, 4.69) is 50.3 Å². The van der Waals surface area contributed by atoms with Crippen LogP contribution in [0.1, 0.15) is 39.2 Å². The van der Waals surface area contributed by atoms with Gasteiger partial charge in [-0.05, 0) is 36.7 Å². The molecule has 1 aromatic carbocycles. The summed E-state index contributed by atoms with van der Waals surface area (Å²) < 4.78 is 0. The van der Waals surface area contributed by atoms with Gasteiger partial charge in [0.25, 0.3) is 0 Å². The lowest BCUT2D eigenvalue weighted by atomic mass is 9.53. The number of carbonyl (C=O) groups excluding carboxylic acids is 1. The van der Waals surface area contributed by atoms with Gasteiger partial charge in [-0.3, -0.25) is 4.79 Å². The number of hydrogen-bond acceptors (Lipinski definition) is 1. The van der Waals surface area contributed by atoms with E-state index in [4.69, 9.17) is 0 Å². The van der Waals surface area contributed by atoms with Crippen LogP contribution < -0.4 is 0 Å². The molecule has 0 bridgehead atoms. The summed E-state index contributed by atoms with van der Waals surface area (Å²) in [7, 11) is 0. The van der Waals surface area contributed by atoms with E-state index in [0.717, 1.165) is 12.8 Å². The maximum absolute atomic E-state index is 11.5. The highest BCUT2D eigenvalue weighted by molar-refractivity contribution is 5.80. The van der Waals surface area contributed by atoms with Crippen molar-refractivity contribution in [1.29, 1.82) is 0 Å². The van der Waals surface area contributed by atoms with Crippen molar-refractivity contribution < 1.29 is 4.79 Å². The molecule has 1 nitrogen and oxygen atoms in total. The smallest absolute Gasteiger partial charge is 0.133 e. The van der Waals surface area contributed by atoms with Crippen LogP contribution in [0.25, 0.3) is 6.08 Å². The Morgan fingerprint density at radius 2 is 2.00 bits per heavy atom. The Labute approximate surface area is 110 Å². The molecule has 96 valence electrons. The van der Waals surface area contributed by atoms with Crippen LogP contribution in [-0.4, -0.2) is 5.78 Å². The highest BCUT2D eigenvalue weighted by atomic mass is 16.1. The first-order valence-electron chi connectivity index (χ1n) is 6.74. The van der Waals surface area contributed by atoms with Crippen LogP contribution >= 0.6 is 0 Å². The van der Waals surface area contributed by atoms with E-state index in [1.165, 1.54) is 5.56 Å². The minimum atomic E-state index is 0.173. The second-order valence-electron chi connectivity index (χ2n) is 5.97. The molecule has 0 aliphatic heterocycles. The van der Waals surface area contributed by atoms with Gasteiger partial charge in [-0.25, -0.2) is 0 Å². The van der Waals surface area contributed by atoms with Crippen LogP contribution in [0, 0.1) is 17.3 Å². The monoisotopic (exact) mass is 242 g/mol. The number of hydrogen-bond donors (Lipinski definition) is 0. The first-order chi connectivity index (χ1) is 8.51. The van der Waals surface area contributed by atoms with Crippen molar-refractivity contribution in [2.75, 3.05) is 0 Å². The van der Waals surface area contributed by atoms with E-state index in [-0.39, 0.29) is 11.3 Å². The lowest BCUT2D eigenvalue weighted by Gasteiger charge is -2.51. The molecular weight excluding hydrogens is 220 g/mol. The third kappa shape index (κ3) is 2.55. The van der Waals surface area contributed by atoms with Crippen molar-refractivity contribution in [1.82, 2.24) is 0 Å². The van der Waals surface area contributed by atoms with Crippen LogP contribution in [0.3, 0.4) is 0 Å². The van der Waals surface area contributed by atoms with Gasteiger partial charge in [-0.2, -0.15) is 0 Å². The van der Waals surface area contributed by atoms with E-state index >= 15 is 0 Å². The summed E-state index contributed by atoms with van der Waals surface area (Å²) >= 11 is 0. The predicted octanol–water partition coefficient (Wildman–Crippen LogP) is 4.34. The van der Waals surface area contributed by atoms with Crippen molar-refractivity contribution in [3.8, 4) is 0 Å². The Morgan fingerprint density at radius 3 is 2.56 bits per heavy atom. The molecule has 1 heteroatoms. The van der Waals surface area contributed by atoms with Crippen molar-refractivity contribution in [3.05, 3.63) is 42.0 Å². The number of benzene rings is 1. The molecule has 0 unspecified atom stereocenters. The van der Waals surface area contributed by atoms with Crippen LogP contribution in [0.2, 0.25) is 0 Å². The minimum Gasteiger partial charge on any atom is -0.300 e. The molecule has 0 radical (unpaired) electrons. The fraction of sp³-hybridized carbons (Fsp3) is 0.471.